The van der Waals surface area contributed by atoms with E-state index in [0.717, 1.165) is 33.4 Å². The van der Waals surface area contributed by atoms with E-state index in [9.17, 15) is 14.4 Å². The molecule has 0 radical (unpaired) electrons. The molecule has 0 unspecified atom stereocenters. The van der Waals surface area contributed by atoms with E-state index in [0.29, 0.717) is 17.6 Å². The van der Waals surface area contributed by atoms with Gasteiger partial charge in [-0.05, 0) is 23.6 Å². The van der Waals surface area contributed by atoms with Crippen molar-refractivity contribution < 1.29 is 4.79 Å². The summed E-state index contributed by atoms with van der Waals surface area (Å²) in [5.41, 5.74) is 3.66. The van der Waals surface area contributed by atoms with E-state index in [4.69, 9.17) is 0 Å². The van der Waals surface area contributed by atoms with E-state index < -0.39 is 5.69 Å². The molecular formula is C24H22N4O3. The van der Waals surface area contributed by atoms with Gasteiger partial charge < -0.3 is 9.47 Å². The normalized spacial score (nSPS) is 13.0. The molecule has 156 valence electrons. The van der Waals surface area contributed by atoms with Crippen molar-refractivity contribution in [1.29, 1.82) is 0 Å². The second kappa shape index (κ2) is 7.12. The summed E-state index contributed by atoms with van der Waals surface area (Å²) in [4.78, 5) is 41.1. The molecule has 2 aromatic carbocycles. The third-order valence-corrected chi connectivity index (χ3v) is 6.02. The second-order valence-electron chi connectivity index (χ2n) is 7.87. The Kier molecular flexibility index (Phi) is 4.39. The number of aryl methyl sites for hydroxylation is 1. The van der Waals surface area contributed by atoms with Gasteiger partial charge in [-0.2, -0.15) is 0 Å². The third-order valence-electron chi connectivity index (χ3n) is 6.02. The lowest BCUT2D eigenvalue weighted by Gasteiger charge is -2.19. The van der Waals surface area contributed by atoms with E-state index >= 15 is 0 Å². The van der Waals surface area contributed by atoms with Gasteiger partial charge in [0.25, 0.3) is 5.56 Å². The van der Waals surface area contributed by atoms with Crippen LogP contribution in [0.2, 0.25) is 0 Å². The lowest BCUT2D eigenvalue weighted by atomic mass is 10.1. The topological polar surface area (TPSA) is 69.2 Å². The predicted molar refractivity (Wildman–Crippen MR) is 120 cm³/mol. The van der Waals surface area contributed by atoms with Gasteiger partial charge in [0, 0.05) is 38.1 Å². The summed E-state index contributed by atoms with van der Waals surface area (Å²) in [5.74, 6) is -0.171. The third kappa shape index (κ3) is 2.92. The second-order valence-corrected chi connectivity index (χ2v) is 7.87. The van der Waals surface area contributed by atoms with Gasteiger partial charge in [-0.25, -0.2) is 4.79 Å². The predicted octanol–water partition coefficient (Wildman–Crippen LogP) is 2.29. The summed E-state index contributed by atoms with van der Waals surface area (Å²) in [5, 5.41) is 0. The maximum absolute atomic E-state index is 13.3. The number of para-hydroxylation sites is 1. The summed E-state index contributed by atoms with van der Waals surface area (Å²) in [6, 6.07) is 17.4. The molecule has 1 amide bonds. The van der Waals surface area contributed by atoms with Crippen LogP contribution in [0.25, 0.3) is 22.2 Å². The number of aromatic nitrogens is 3. The molecule has 1 aliphatic rings. The Balaban J connectivity index is 1.69. The first-order valence-corrected chi connectivity index (χ1v) is 10.2. The standard InChI is InChI=1S/C24H22N4O3/c1-25-14-18(16-8-4-3-5-9-16)21-22(25)23(30)26(2)24(31)28(21)15-20(29)27-13-12-17-10-6-7-11-19(17)27/h3-11,14H,12-13,15H2,1-2H3. The number of nitrogens with zero attached hydrogens (tertiary/aromatic N) is 4. The zero-order valence-corrected chi connectivity index (χ0v) is 17.4. The fraction of sp³-hybridized carbons (Fsp3) is 0.208. The largest absolute Gasteiger partial charge is 0.344 e. The van der Waals surface area contributed by atoms with Crippen molar-refractivity contribution in [1.82, 2.24) is 13.7 Å². The molecule has 3 heterocycles. The smallest absolute Gasteiger partial charge is 0.331 e. The van der Waals surface area contributed by atoms with Crippen LogP contribution in [0.1, 0.15) is 5.56 Å². The van der Waals surface area contributed by atoms with Crippen LogP contribution < -0.4 is 16.1 Å². The highest BCUT2D eigenvalue weighted by atomic mass is 16.2. The molecule has 4 aromatic rings. The van der Waals surface area contributed by atoms with Gasteiger partial charge in [0.05, 0.1) is 5.52 Å². The highest BCUT2D eigenvalue weighted by Gasteiger charge is 2.27. The average molecular weight is 414 g/mol. The van der Waals surface area contributed by atoms with Crippen molar-refractivity contribution in [2.45, 2.75) is 13.0 Å². The lowest BCUT2D eigenvalue weighted by Crippen LogP contribution is -2.42. The monoisotopic (exact) mass is 414 g/mol. The van der Waals surface area contributed by atoms with E-state index in [1.54, 1.807) is 16.5 Å². The van der Waals surface area contributed by atoms with Gasteiger partial charge in [0.15, 0.2) is 0 Å². The van der Waals surface area contributed by atoms with Crippen molar-refractivity contribution in [3.05, 3.63) is 87.2 Å². The Bertz CT molecular complexity index is 1440. The van der Waals surface area contributed by atoms with Gasteiger partial charge in [-0.3, -0.25) is 18.7 Å². The molecule has 7 heteroatoms. The Morgan fingerprint density at radius 2 is 1.65 bits per heavy atom. The molecule has 0 bridgehead atoms. The van der Waals surface area contributed by atoms with E-state index in [1.807, 2.05) is 60.8 Å². The zero-order chi connectivity index (χ0) is 21.7. The Morgan fingerprint density at radius 3 is 2.42 bits per heavy atom. The molecule has 2 aromatic heterocycles. The first-order chi connectivity index (χ1) is 15.0. The van der Waals surface area contributed by atoms with Crippen molar-refractivity contribution in [3.63, 3.8) is 0 Å². The Morgan fingerprint density at radius 1 is 0.935 bits per heavy atom. The number of fused-ring (bicyclic) bond motifs is 2. The number of rotatable bonds is 3. The van der Waals surface area contributed by atoms with Crippen LogP contribution in [-0.2, 0) is 31.9 Å². The minimum absolute atomic E-state index is 0.137. The molecule has 5 rings (SSSR count). The van der Waals surface area contributed by atoms with Crippen molar-refractivity contribution in [2.24, 2.45) is 14.1 Å². The summed E-state index contributed by atoms with van der Waals surface area (Å²) in [7, 11) is 3.23. The van der Waals surface area contributed by atoms with Crippen molar-refractivity contribution in [2.75, 3.05) is 11.4 Å². The lowest BCUT2D eigenvalue weighted by molar-refractivity contribution is -0.119. The molecule has 0 saturated carbocycles. The molecule has 0 saturated heterocycles. The van der Waals surface area contributed by atoms with Gasteiger partial charge in [0.2, 0.25) is 5.91 Å². The van der Waals surface area contributed by atoms with E-state index in [1.165, 1.54) is 11.6 Å². The summed E-state index contributed by atoms with van der Waals surface area (Å²) >= 11 is 0. The number of carbonyl (C=O) groups excluding carboxylic acids is 1. The maximum Gasteiger partial charge on any atom is 0.331 e. The van der Waals surface area contributed by atoms with Crippen LogP contribution in [0.3, 0.4) is 0 Å². The Labute approximate surface area is 178 Å². The molecule has 1 aliphatic heterocycles. The van der Waals surface area contributed by atoms with Gasteiger partial charge in [-0.1, -0.05) is 48.5 Å². The number of hydrogen-bond acceptors (Lipinski definition) is 3. The maximum atomic E-state index is 13.3. The van der Waals surface area contributed by atoms with Crippen molar-refractivity contribution in [3.8, 4) is 11.1 Å². The van der Waals surface area contributed by atoms with Gasteiger partial charge >= 0.3 is 5.69 Å². The Hall–Kier alpha value is -3.87. The first-order valence-electron chi connectivity index (χ1n) is 10.2. The van der Waals surface area contributed by atoms with Crippen LogP contribution in [0.15, 0.2) is 70.4 Å². The number of amides is 1. The molecule has 7 nitrogen and oxygen atoms in total. The van der Waals surface area contributed by atoms with Crippen LogP contribution in [0, 0.1) is 0 Å². The summed E-state index contributed by atoms with van der Waals surface area (Å²) in [6.45, 7) is 0.448. The van der Waals surface area contributed by atoms with Crippen molar-refractivity contribution >= 4 is 22.6 Å². The highest BCUT2D eigenvalue weighted by Crippen LogP contribution is 2.30. The molecule has 0 atom stereocenters. The molecule has 0 aliphatic carbocycles. The fourth-order valence-electron chi connectivity index (χ4n) is 4.46. The van der Waals surface area contributed by atoms with Crippen LogP contribution in [0.4, 0.5) is 5.69 Å². The van der Waals surface area contributed by atoms with Crippen LogP contribution in [-0.4, -0.2) is 26.2 Å². The molecular weight excluding hydrogens is 392 g/mol. The SMILES string of the molecule is Cn1c(=O)c2c(c(-c3ccccc3)cn2C)n(CC(=O)N2CCc3ccccc32)c1=O. The highest BCUT2D eigenvalue weighted by molar-refractivity contribution is 5.98. The number of benzene rings is 2. The van der Waals surface area contributed by atoms with Crippen LogP contribution >= 0.6 is 0 Å². The number of anilines is 1. The van der Waals surface area contributed by atoms with Gasteiger partial charge in [0.1, 0.15) is 12.1 Å². The molecule has 0 fully saturated rings. The summed E-state index contributed by atoms with van der Waals surface area (Å²) < 4.78 is 4.23. The fourth-order valence-corrected chi connectivity index (χ4v) is 4.46. The molecule has 0 N–H and O–H groups in total. The average Bonchev–Trinajstić information content (AvgIpc) is 3.37. The number of hydrogen-bond donors (Lipinski definition) is 0. The molecule has 0 spiro atoms. The minimum Gasteiger partial charge on any atom is -0.344 e. The minimum atomic E-state index is -0.498. The zero-order valence-electron chi connectivity index (χ0n) is 17.4. The van der Waals surface area contributed by atoms with E-state index in [2.05, 4.69) is 0 Å². The van der Waals surface area contributed by atoms with E-state index in [-0.39, 0.29) is 18.0 Å². The van der Waals surface area contributed by atoms with Crippen LogP contribution in [0.5, 0.6) is 0 Å². The quantitative estimate of drug-likeness (QED) is 0.517. The molecule has 31 heavy (non-hydrogen) atoms. The number of carbonyl (C=O) groups is 1. The summed E-state index contributed by atoms with van der Waals surface area (Å²) in [6.07, 6.45) is 2.63. The first kappa shape index (κ1) is 19.1. The van der Waals surface area contributed by atoms with Gasteiger partial charge in [-0.15, -0.1) is 0 Å².